The van der Waals surface area contributed by atoms with Gasteiger partial charge in [-0.15, -0.1) is 0 Å². The van der Waals surface area contributed by atoms with Crippen molar-refractivity contribution in [2.24, 2.45) is 11.5 Å². The third-order valence-corrected chi connectivity index (χ3v) is 6.36. The fourth-order valence-corrected chi connectivity index (χ4v) is 4.22. The zero-order valence-electron chi connectivity index (χ0n) is 22.3. The summed E-state index contributed by atoms with van der Waals surface area (Å²) in [7, 11) is 0. The molecule has 11 N–H and O–H groups in total. The van der Waals surface area contributed by atoms with Gasteiger partial charge >= 0.3 is 11.9 Å². The van der Waals surface area contributed by atoms with Crippen LogP contribution in [0.2, 0.25) is 0 Å². The number of hydrogen-bond donors (Lipinski definition) is 9. The summed E-state index contributed by atoms with van der Waals surface area (Å²) in [5.41, 5.74) is 13.3. The standard InChI is InChI=1S/C26H32N8O8/c27-16(7-13-10-30-17-4-2-1-3-15(13)17)23(38)32-18(5-6-22(36)37)24(39)33-19(9-21(28)35)25(40)34-20(26(41)42)8-14-11-29-12-31-14/h1-4,10-12,16,18-20,30H,5-9,27H2,(H2,28,35)(H,29,31)(H,32,38)(H,33,39)(H,34,40)(H,36,37)(H,41,42). The van der Waals surface area contributed by atoms with Gasteiger partial charge in [0.15, 0.2) is 0 Å². The molecule has 224 valence electrons. The largest absolute Gasteiger partial charge is 0.481 e. The highest BCUT2D eigenvalue weighted by Crippen LogP contribution is 2.19. The molecule has 16 nitrogen and oxygen atoms in total. The molecule has 0 aliphatic rings. The SMILES string of the molecule is NC(=O)CC(NC(=O)C(CCC(=O)O)NC(=O)C(N)Cc1c[nH]c2ccccc12)C(=O)NC(Cc1cnc[nH]1)C(=O)O. The lowest BCUT2D eigenvalue weighted by molar-refractivity contribution is -0.142. The molecule has 42 heavy (non-hydrogen) atoms. The van der Waals surface area contributed by atoms with Gasteiger partial charge in [-0.2, -0.15) is 0 Å². The number of para-hydroxylation sites is 1. The van der Waals surface area contributed by atoms with E-state index in [0.29, 0.717) is 5.69 Å². The van der Waals surface area contributed by atoms with Crippen LogP contribution in [0.3, 0.4) is 0 Å². The van der Waals surface area contributed by atoms with E-state index in [9.17, 15) is 33.9 Å². The number of carboxylic acid groups (broad SMARTS) is 2. The Bertz CT molecular complexity index is 1440. The Morgan fingerprint density at radius 3 is 2.19 bits per heavy atom. The first kappa shape index (κ1) is 31.3. The van der Waals surface area contributed by atoms with Crippen LogP contribution < -0.4 is 27.4 Å². The van der Waals surface area contributed by atoms with Crippen LogP contribution in [0.1, 0.15) is 30.5 Å². The van der Waals surface area contributed by atoms with Crippen molar-refractivity contribution in [3.8, 4) is 0 Å². The average Bonchev–Trinajstić information content (AvgIpc) is 3.59. The first-order valence-corrected chi connectivity index (χ1v) is 12.9. The molecule has 0 spiro atoms. The minimum absolute atomic E-state index is 0.0999. The first-order valence-electron chi connectivity index (χ1n) is 12.9. The van der Waals surface area contributed by atoms with E-state index in [1.165, 1.54) is 12.5 Å². The number of nitrogens with two attached hydrogens (primary N) is 2. The summed E-state index contributed by atoms with van der Waals surface area (Å²) in [6.07, 6.45) is 2.73. The fraction of sp³-hybridized carbons (Fsp3) is 0.346. The first-order chi connectivity index (χ1) is 19.9. The maximum Gasteiger partial charge on any atom is 0.326 e. The van der Waals surface area contributed by atoms with Crippen LogP contribution in [0.5, 0.6) is 0 Å². The van der Waals surface area contributed by atoms with Gasteiger partial charge in [0.2, 0.25) is 23.6 Å². The molecule has 16 heteroatoms. The molecular weight excluding hydrogens is 552 g/mol. The summed E-state index contributed by atoms with van der Waals surface area (Å²) in [4.78, 5) is 83.2. The normalized spacial score (nSPS) is 13.8. The molecule has 0 saturated carbocycles. The second-order valence-electron chi connectivity index (χ2n) is 9.58. The highest BCUT2D eigenvalue weighted by atomic mass is 16.4. The van der Waals surface area contributed by atoms with E-state index in [1.54, 1.807) is 6.20 Å². The topological polar surface area (TPSA) is 275 Å². The smallest absolute Gasteiger partial charge is 0.326 e. The number of nitrogens with one attached hydrogen (secondary N) is 5. The number of imidazole rings is 1. The summed E-state index contributed by atoms with van der Waals surface area (Å²) in [6, 6.07) is 1.73. The molecule has 4 unspecified atom stereocenters. The number of amides is 4. The van der Waals surface area contributed by atoms with Crippen molar-refractivity contribution in [3.63, 3.8) is 0 Å². The number of carbonyl (C=O) groups is 6. The minimum Gasteiger partial charge on any atom is -0.481 e. The summed E-state index contributed by atoms with van der Waals surface area (Å²) in [5.74, 6) is -6.41. The fourth-order valence-electron chi connectivity index (χ4n) is 4.22. The number of carboxylic acids is 2. The van der Waals surface area contributed by atoms with Crippen LogP contribution in [0.4, 0.5) is 0 Å². The molecule has 3 rings (SSSR count). The quantitative estimate of drug-likeness (QED) is 0.0918. The van der Waals surface area contributed by atoms with Crippen LogP contribution in [-0.2, 0) is 41.6 Å². The predicted octanol–water partition coefficient (Wildman–Crippen LogP) is -1.72. The van der Waals surface area contributed by atoms with Crippen molar-refractivity contribution in [3.05, 3.63) is 54.2 Å². The van der Waals surface area contributed by atoms with E-state index in [-0.39, 0.29) is 19.3 Å². The van der Waals surface area contributed by atoms with E-state index in [4.69, 9.17) is 16.6 Å². The van der Waals surface area contributed by atoms with E-state index in [0.717, 1.165) is 16.5 Å². The lowest BCUT2D eigenvalue weighted by Crippen LogP contribution is -2.58. The van der Waals surface area contributed by atoms with Gasteiger partial charge < -0.3 is 47.6 Å². The Balaban J connectivity index is 1.71. The number of aromatic nitrogens is 3. The van der Waals surface area contributed by atoms with Gasteiger partial charge in [-0.05, 0) is 24.5 Å². The monoisotopic (exact) mass is 584 g/mol. The zero-order valence-corrected chi connectivity index (χ0v) is 22.3. The van der Waals surface area contributed by atoms with Crippen LogP contribution in [0, 0.1) is 0 Å². The predicted molar refractivity (Wildman–Crippen MR) is 146 cm³/mol. The maximum atomic E-state index is 13.2. The van der Waals surface area contributed by atoms with Crippen molar-refractivity contribution < 1.29 is 39.0 Å². The Morgan fingerprint density at radius 1 is 0.881 bits per heavy atom. The van der Waals surface area contributed by atoms with Crippen LogP contribution in [0.15, 0.2) is 43.0 Å². The number of rotatable bonds is 16. The molecule has 0 radical (unpaired) electrons. The molecule has 0 aliphatic heterocycles. The van der Waals surface area contributed by atoms with Crippen LogP contribution >= 0.6 is 0 Å². The van der Waals surface area contributed by atoms with Gasteiger partial charge in [0.05, 0.1) is 18.8 Å². The number of hydrogen-bond acceptors (Lipinski definition) is 8. The van der Waals surface area contributed by atoms with Gasteiger partial charge in [-0.25, -0.2) is 9.78 Å². The Morgan fingerprint density at radius 2 is 1.55 bits per heavy atom. The Hall–Kier alpha value is -5.25. The summed E-state index contributed by atoms with van der Waals surface area (Å²) >= 11 is 0. The number of carbonyl (C=O) groups excluding carboxylic acids is 4. The molecule has 0 aliphatic carbocycles. The molecule has 4 amide bonds. The Kier molecular flexibility index (Phi) is 10.7. The van der Waals surface area contributed by atoms with Crippen molar-refractivity contribution >= 4 is 46.5 Å². The minimum atomic E-state index is -1.62. The molecule has 4 atom stereocenters. The van der Waals surface area contributed by atoms with Crippen molar-refractivity contribution in [1.29, 1.82) is 0 Å². The number of aliphatic carboxylic acids is 2. The van der Waals surface area contributed by atoms with Gasteiger partial charge in [0.25, 0.3) is 0 Å². The van der Waals surface area contributed by atoms with Crippen LogP contribution in [-0.4, -0.2) is 84.9 Å². The van der Waals surface area contributed by atoms with E-state index in [2.05, 4.69) is 30.9 Å². The van der Waals surface area contributed by atoms with E-state index < -0.39 is 72.6 Å². The van der Waals surface area contributed by atoms with E-state index in [1.807, 2.05) is 24.3 Å². The van der Waals surface area contributed by atoms with Crippen molar-refractivity contribution in [2.45, 2.75) is 56.3 Å². The molecule has 0 saturated heterocycles. The highest BCUT2D eigenvalue weighted by molar-refractivity contribution is 5.96. The van der Waals surface area contributed by atoms with Gasteiger partial charge in [0, 0.05) is 41.8 Å². The van der Waals surface area contributed by atoms with Gasteiger partial charge in [-0.3, -0.25) is 24.0 Å². The number of H-pyrrole nitrogens is 2. The molecular formula is C26H32N8O8. The van der Waals surface area contributed by atoms with Crippen molar-refractivity contribution in [1.82, 2.24) is 30.9 Å². The summed E-state index contributed by atoms with van der Waals surface area (Å²) in [5, 5.41) is 26.5. The number of benzene rings is 1. The van der Waals surface area contributed by atoms with Crippen LogP contribution in [0.25, 0.3) is 10.9 Å². The molecule has 2 aromatic heterocycles. The zero-order chi connectivity index (χ0) is 30.8. The third-order valence-electron chi connectivity index (χ3n) is 6.36. The summed E-state index contributed by atoms with van der Waals surface area (Å²) < 4.78 is 0. The lowest BCUT2D eigenvalue weighted by atomic mass is 10.0. The second-order valence-corrected chi connectivity index (χ2v) is 9.58. The number of primary amides is 1. The number of aromatic amines is 2. The average molecular weight is 585 g/mol. The van der Waals surface area contributed by atoms with Gasteiger partial charge in [-0.1, -0.05) is 18.2 Å². The van der Waals surface area contributed by atoms with E-state index >= 15 is 0 Å². The number of nitrogens with zero attached hydrogens (tertiary/aromatic N) is 1. The molecule has 0 fully saturated rings. The maximum absolute atomic E-state index is 13.2. The third kappa shape index (κ3) is 8.88. The molecule has 1 aromatic carbocycles. The highest BCUT2D eigenvalue weighted by Gasteiger charge is 2.32. The van der Waals surface area contributed by atoms with Crippen molar-refractivity contribution in [2.75, 3.05) is 0 Å². The molecule has 0 bridgehead atoms. The summed E-state index contributed by atoms with van der Waals surface area (Å²) in [6.45, 7) is 0. The molecule has 2 heterocycles. The number of fused-ring (bicyclic) bond motifs is 1. The second kappa shape index (κ2) is 14.4. The molecule has 3 aromatic rings. The lowest BCUT2D eigenvalue weighted by Gasteiger charge is -2.24. The Labute approximate surface area is 238 Å². The van der Waals surface area contributed by atoms with Gasteiger partial charge in [0.1, 0.15) is 18.1 Å².